The summed E-state index contributed by atoms with van der Waals surface area (Å²) in [6.07, 6.45) is 6.46. The molecule has 2 aliphatic heterocycles. The largest absolute Gasteiger partial charge is 0.376 e. The van der Waals surface area contributed by atoms with Crippen molar-refractivity contribution in [3.8, 4) is 11.4 Å². The van der Waals surface area contributed by atoms with E-state index in [1.54, 1.807) is 11.4 Å². The van der Waals surface area contributed by atoms with E-state index in [1.807, 2.05) is 0 Å². The van der Waals surface area contributed by atoms with Crippen LogP contribution in [0.15, 0.2) is 20.2 Å². The van der Waals surface area contributed by atoms with E-state index in [-0.39, 0.29) is 22.1 Å². The smallest absolute Gasteiger partial charge is 0.252 e. The Balaban J connectivity index is 1.17. The van der Waals surface area contributed by atoms with Gasteiger partial charge in [-0.1, -0.05) is 11.6 Å². The first kappa shape index (κ1) is 22.0. The van der Waals surface area contributed by atoms with Crippen LogP contribution < -0.4 is 5.32 Å². The molecule has 174 valence electrons. The molecular formula is C21H28N4O5S2. The van der Waals surface area contributed by atoms with Crippen molar-refractivity contribution in [1.29, 1.82) is 0 Å². The standard InChI is InChI=1S/C21H28N4O5S2/c26-20(22-12-17-5-2-10-29-17)14-6-8-25(9-7-14)32(27,28)18-11-16(13-31-18)19-23-21(30-24-19)15-3-1-4-15/h11,13-15,17H,1-10,12H2,(H,22,26). The summed E-state index contributed by atoms with van der Waals surface area (Å²) in [5.41, 5.74) is 0.659. The van der Waals surface area contributed by atoms with Crippen molar-refractivity contribution in [2.24, 2.45) is 5.92 Å². The van der Waals surface area contributed by atoms with Gasteiger partial charge in [0.15, 0.2) is 0 Å². The molecule has 2 aromatic rings. The first-order chi connectivity index (χ1) is 15.5. The fraction of sp³-hybridized carbons (Fsp3) is 0.667. The summed E-state index contributed by atoms with van der Waals surface area (Å²) in [5, 5.41) is 8.76. The summed E-state index contributed by atoms with van der Waals surface area (Å²) in [5.74, 6) is 1.25. The Morgan fingerprint density at radius 3 is 2.69 bits per heavy atom. The number of amides is 1. The predicted octanol–water partition coefficient (Wildman–Crippen LogP) is 2.76. The highest BCUT2D eigenvalue weighted by Gasteiger charge is 2.34. The van der Waals surface area contributed by atoms with Crippen molar-refractivity contribution in [2.75, 3.05) is 26.2 Å². The van der Waals surface area contributed by atoms with E-state index < -0.39 is 10.0 Å². The Morgan fingerprint density at radius 1 is 1.19 bits per heavy atom. The maximum Gasteiger partial charge on any atom is 0.252 e. The maximum atomic E-state index is 13.1. The van der Waals surface area contributed by atoms with E-state index in [1.165, 1.54) is 22.1 Å². The number of hydrogen-bond acceptors (Lipinski definition) is 8. The number of rotatable bonds is 7. The summed E-state index contributed by atoms with van der Waals surface area (Å²) >= 11 is 1.17. The molecule has 3 fully saturated rings. The number of carbonyl (C=O) groups excluding carboxylic acids is 1. The highest BCUT2D eigenvalue weighted by Crippen LogP contribution is 2.37. The molecule has 2 aromatic heterocycles. The van der Waals surface area contributed by atoms with Crippen LogP contribution in [0.2, 0.25) is 0 Å². The van der Waals surface area contributed by atoms with Crippen LogP contribution in [0.5, 0.6) is 0 Å². The normalized spacial score (nSPS) is 23.3. The lowest BCUT2D eigenvalue weighted by Crippen LogP contribution is -2.44. The molecule has 32 heavy (non-hydrogen) atoms. The van der Waals surface area contributed by atoms with Crippen LogP contribution in [0.4, 0.5) is 0 Å². The van der Waals surface area contributed by atoms with Crippen LogP contribution in [-0.2, 0) is 19.6 Å². The molecule has 1 amide bonds. The maximum absolute atomic E-state index is 13.1. The lowest BCUT2D eigenvalue weighted by Gasteiger charge is -2.30. The summed E-state index contributed by atoms with van der Waals surface area (Å²) < 4.78 is 38.9. The fourth-order valence-corrected chi connectivity index (χ4v) is 7.17. The molecule has 0 spiro atoms. The van der Waals surface area contributed by atoms with Crippen LogP contribution in [0.3, 0.4) is 0 Å². The van der Waals surface area contributed by atoms with Gasteiger partial charge < -0.3 is 14.6 Å². The monoisotopic (exact) mass is 480 g/mol. The SMILES string of the molecule is O=C(NCC1CCCO1)C1CCN(S(=O)(=O)c2cc(-c3noc(C4CCC4)n3)cs2)CC1. The van der Waals surface area contributed by atoms with Crippen LogP contribution in [0.25, 0.3) is 11.4 Å². The third kappa shape index (κ3) is 4.48. The van der Waals surface area contributed by atoms with E-state index >= 15 is 0 Å². The van der Waals surface area contributed by atoms with Crippen LogP contribution in [0, 0.1) is 5.92 Å². The minimum absolute atomic E-state index is 0.00432. The average molecular weight is 481 g/mol. The number of ether oxygens (including phenoxy) is 1. The molecule has 1 atom stereocenters. The van der Waals surface area contributed by atoms with E-state index in [0.29, 0.717) is 55.7 Å². The second-order valence-corrected chi connectivity index (χ2v) is 11.9. The van der Waals surface area contributed by atoms with Gasteiger partial charge in [0.2, 0.25) is 17.6 Å². The molecular weight excluding hydrogens is 452 g/mol. The number of thiophene rings is 1. The first-order valence-corrected chi connectivity index (χ1v) is 13.6. The third-order valence-electron chi connectivity index (χ3n) is 6.68. The number of piperidine rings is 1. The van der Waals surface area contributed by atoms with Gasteiger partial charge in [-0.3, -0.25) is 4.79 Å². The lowest BCUT2D eigenvalue weighted by atomic mass is 9.85. The van der Waals surface area contributed by atoms with E-state index in [4.69, 9.17) is 9.26 Å². The number of carbonyl (C=O) groups is 1. The van der Waals surface area contributed by atoms with Crippen molar-refractivity contribution in [2.45, 2.75) is 61.2 Å². The lowest BCUT2D eigenvalue weighted by molar-refractivity contribution is -0.126. The van der Waals surface area contributed by atoms with Crippen LogP contribution in [-0.4, -0.2) is 61.1 Å². The molecule has 1 aliphatic carbocycles. The molecule has 5 rings (SSSR count). The highest BCUT2D eigenvalue weighted by atomic mass is 32.2. The molecule has 4 heterocycles. The zero-order valence-corrected chi connectivity index (χ0v) is 19.5. The summed E-state index contributed by atoms with van der Waals surface area (Å²) in [4.78, 5) is 16.9. The molecule has 9 nitrogen and oxygen atoms in total. The molecule has 2 saturated heterocycles. The Bertz CT molecular complexity index is 1050. The predicted molar refractivity (Wildman–Crippen MR) is 118 cm³/mol. The van der Waals surface area contributed by atoms with Gasteiger partial charge in [-0.15, -0.1) is 11.3 Å². The number of sulfonamides is 1. The number of hydrogen-bond donors (Lipinski definition) is 1. The van der Waals surface area contributed by atoms with Gasteiger partial charge >= 0.3 is 0 Å². The average Bonchev–Trinajstić information content (AvgIpc) is 3.52. The molecule has 1 N–H and O–H groups in total. The van der Waals surface area contributed by atoms with Crippen molar-refractivity contribution >= 4 is 27.3 Å². The van der Waals surface area contributed by atoms with E-state index in [0.717, 1.165) is 32.3 Å². The topological polar surface area (TPSA) is 115 Å². The van der Waals surface area contributed by atoms with Gasteiger partial charge in [0.1, 0.15) is 4.21 Å². The van der Waals surface area contributed by atoms with Gasteiger partial charge in [-0.2, -0.15) is 9.29 Å². The number of aromatic nitrogens is 2. The molecule has 11 heteroatoms. The number of nitrogens with one attached hydrogen (secondary N) is 1. The minimum Gasteiger partial charge on any atom is -0.376 e. The molecule has 0 aromatic carbocycles. The van der Waals surface area contributed by atoms with Crippen molar-refractivity contribution in [3.63, 3.8) is 0 Å². The van der Waals surface area contributed by atoms with Gasteiger partial charge in [-0.25, -0.2) is 8.42 Å². The van der Waals surface area contributed by atoms with Gasteiger partial charge in [0.25, 0.3) is 10.0 Å². The molecule has 0 radical (unpaired) electrons. The molecule has 1 saturated carbocycles. The van der Waals surface area contributed by atoms with Crippen molar-refractivity contribution in [3.05, 3.63) is 17.3 Å². The molecule has 3 aliphatic rings. The Morgan fingerprint density at radius 2 is 2.00 bits per heavy atom. The van der Waals surface area contributed by atoms with Gasteiger partial charge in [-0.05, 0) is 44.6 Å². The van der Waals surface area contributed by atoms with Gasteiger partial charge in [0, 0.05) is 49.0 Å². The Kier molecular flexibility index (Phi) is 6.33. The minimum atomic E-state index is -3.61. The Labute approximate surface area is 191 Å². The highest BCUT2D eigenvalue weighted by molar-refractivity contribution is 7.91. The van der Waals surface area contributed by atoms with E-state index in [9.17, 15) is 13.2 Å². The summed E-state index contributed by atoms with van der Waals surface area (Å²) in [6, 6.07) is 1.62. The summed E-state index contributed by atoms with van der Waals surface area (Å²) in [7, 11) is -3.61. The van der Waals surface area contributed by atoms with Crippen molar-refractivity contribution < 1.29 is 22.5 Å². The quantitative estimate of drug-likeness (QED) is 0.648. The second kappa shape index (κ2) is 9.20. The summed E-state index contributed by atoms with van der Waals surface area (Å²) in [6.45, 7) is 1.97. The fourth-order valence-electron chi connectivity index (χ4n) is 4.39. The molecule has 0 bridgehead atoms. The zero-order valence-electron chi connectivity index (χ0n) is 17.9. The first-order valence-electron chi connectivity index (χ1n) is 11.3. The van der Waals surface area contributed by atoms with Crippen LogP contribution >= 0.6 is 11.3 Å². The van der Waals surface area contributed by atoms with Crippen molar-refractivity contribution in [1.82, 2.24) is 19.8 Å². The van der Waals surface area contributed by atoms with E-state index in [2.05, 4.69) is 15.5 Å². The molecule has 1 unspecified atom stereocenters. The van der Waals surface area contributed by atoms with Gasteiger partial charge in [0.05, 0.1) is 6.10 Å². The zero-order chi connectivity index (χ0) is 22.1. The third-order valence-corrected chi connectivity index (χ3v) is 9.99. The Hall–Kier alpha value is -1.82. The van der Waals surface area contributed by atoms with Crippen LogP contribution in [0.1, 0.15) is 56.8 Å². The second-order valence-electron chi connectivity index (χ2n) is 8.80. The number of nitrogens with zero attached hydrogens (tertiary/aromatic N) is 3.